The summed E-state index contributed by atoms with van der Waals surface area (Å²) in [6.07, 6.45) is 7.57. The zero-order valence-electron chi connectivity index (χ0n) is 12.2. The van der Waals surface area contributed by atoms with Gasteiger partial charge in [-0.25, -0.2) is 0 Å². The van der Waals surface area contributed by atoms with Crippen LogP contribution >= 0.6 is 0 Å². The Labute approximate surface area is 124 Å². The lowest BCUT2D eigenvalue weighted by Gasteiger charge is -2.32. The fourth-order valence-corrected chi connectivity index (χ4v) is 3.29. The lowest BCUT2D eigenvalue weighted by atomic mass is 10.0. The highest BCUT2D eigenvalue weighted by atomic mass is 16.3. The Morgan fingerprint density at radius 1 is 1.14 bits per heavy atom. The number of hydrogen-bond acceptors (Lipinski definition) is 3. The molecule has 1 aromatic rings. The summed E-state index contributed by atoms with van der Waals surface area (Å²) >= 11 is 0. The van der Waals surface area contributed by atoms with Gasteiger partial charge in [-0.15, -0.1) is 0 Å². The summed E-state index contributed by atoms with van der Waals surface area (Å²) in [5.74, 6) is 0.764. The molecule has 21 heavy (non-hydrogen) atoms. The van der Waals surface area contributed by atoms with Crippen LogP contribution in [0.15, 0.2) is 22.8 Å². The Morgan fingerprint density at radius 3 is 2.48 bits per heavy atom. The van der Waals surface area contributed by atoms with Gasteiger partial charge in [-0.2, -0.15) is 0 Å². The summed E-state index contributed by atoms with van der Waals surface area (Å²) < 4.78 is 5.15. The largest absolute Gasteiger partial charge is 0.459 e. The number of carbonyl (C=O) groups excluding carboxylic acids is 2. The Balaban J connectivity index is 1.46. The van der Waals surface area contributed by atoms with E-state index < -0.39 is 0 Å². The lowest BCUT2D eigenvalue weighted by molar-refractivity contribution is -0.125. The van der Waals surface area contributed by atoms with Gasteiger partial charge in [0.05, 0.1) is 6.26 Å². The van der Waals surface area contributed by atoms with Crippen molar-refractivity contribution in [2.45, 2.75) is 44.6 Å². The summed E-state index contributed by atoms with van der Waals surface area (Å²) in [6.45, 7) is 1.35. The van der Waals surface area contributed by atoms with Crippen molar-refractivity contribution in [3.8, 4) is 0 Å². The standard InChI is InChI=1S/C16H22N2O3/c19-15(12-4-1-2-5-12)17-13-7-9-18(10-8-13)16(20)14-6-3-11-21-14/h3,6,11-13H,1-2,4-5,7-10H2,(H,17,19). The summed E-state index contributed by atoms with van der Waals surface area (Å²) in [7, 11) is 0. The fraction of sp³-hybridized carbons (Fsp3) is 0.625. The number of rotatable bonds is 3. The first-order valence-electron chi connectivity index (χ1n) is 7.87. The molecule has 1 saturated heterocycles. The lowest BCUT2D eigenvalue weighted by Crippen LogP contribution is -2.47. The van der Waals surface area contributed by atoms with E-state index in [1.54, 1.807) is 17.0 Å². The SMILES string of the molecule is O=C(NC1CCN(C(=O)c2ccco2)CC1)C1CCCC1. The van der Waals surface area contributed by atoms with E-state index >= 15 is 0 Å². The van der Waals surface area contributed by atoms with Crippen molar-refractivity contribution >= 4 is 11.8 Å². The minimum absolute atomic E-state index is 0.0550. The first-order valence-corrected chi connectivity index (χ1v) is 7.87. The molecule has 2 aliphatic rings. The minimum atomic E-state index is -0.0550. The third-order valence-corrected chi connectivity index (χ3v) is 4.59. The number of nitrogens with one attached hydrogen (secondary N) is 1. The van der Waals surface area contributed by atoms with Crippen LogP contribution in [0.2, 0.25) is 0 Å². The van der Waals surface area contributed by atoms with Crippen molar-refractivity contribution in [2.75, 3.05) is 13.1 Å². The van der Waals surface area contributed by atoms with Crippen LogP contribution in [0.5, 0.6) is 0 Å². The summed E-state index contributed by atoms with van der Waals surface area (Å²) in [5.41, 5.74) is 0. The molecule has 2 amide bonds. The number of furan rings is 1. The monoisotopic (exact) mass is 290 g/mol. The van der Waals surface area contributed by atoms with Crippen LogP contribution in [0.1, 0.15) is 49.1 Å². The summed E-state index contributed by atoms with van der Waals surface area (Å²) in [5, 5.41) is 3.15. The van der Waals surface area contributed by atoms with Gasteiger partial charge in [0.2, 0.25) is 5.91 Å². The topological polar surface area (TPSA) is 62.6 Å². The molecular formula is C16H22N2O3. The predicted molar refractivity (Wildman–Crippen MR) is 77.7 cm³/mol. The maximum absolute atomic E-state index is 12.1. The van der Waals surface area contributed by atoms with Crippen LogP contribution < -0.4 is 5.32 Å². The van der Waals surface area contributed by atoms with Crippen molar-refractivity contribution in [1.29, 1.82) is 0 Å². The average Bonchev–Trinajstić information content (AvgIpc) is 3.20. The summed E-state index contributed by atoms with van der Waals surface area (Å²) in [6, 6.07) is 3.62. The van der Waals surface area contributed by atoms with Crippen LogP contribution in [-0.4, -0.2) is 35.8 Å². The average molecular weight is 290 g/mol. The van der Waals surface area contributed by atoms with E-state index in [-0.39, 0.29) is 23.8 Å². The highest BCUT2D eigenvalue weighted by Crippen LogP contribution is 2.25. The molecular weight excluding hydrogens is 268 g/mol. The second kappa shape index (κ2) is 6.33. The number of carbonyl (C=O) groups is 2. The molecule has 5 heteroatoms. The van der Waals surface area contributed by atoms with Gasteiger partial charge in [-0.3, -0.25) is 9.59 Å². The predicted octanol–water partition coefficient (Wildman–Crippen LogP) is 2.19. The quantitative estimate of drug-likeness (QED) is 0.928. The van der Waals surface area contributed by atoms with E-state index in [1.807, 2.05) is 0 Å². The van der Waals surface area contributed by atoms with Gasteiger partial charge in [0.1, 0.15) is 0 Å². The molecule has 0 aromatic carbocycles. The molecule has 2 fully saturated rings. The highest BCUT2D eigenvalue weighted by molar-refractivity contribution is 5.91. The van der Waals surface area contributed by atoms with Crippen molar-refractivity contribution in [2.24, 2.45) is 5.92 Å². The molecule has 0 bridgehead atoms. The van der Waals surface area contributed by atoms with Gasteiger partial charge in [0.15, 0.2) is 5.76 Å². The second-order valence-corrected chi connectivity index (χ2v) is 6.03. The van der Waals surface area contributed by atoms with E-state index in [1.165, 1.54) is 19.1 Å². The number of piperidine rings is 1. The molecule has 1 aromatic heterocycles. The second-order valence-electron chi connectivity index (χ2n) is 6.03. The van der Waals surface area contributed by atoms with Gasteiger partial charge >= 0.3 is 0 Å². The first-order chi connectivity index (χ1) is 10.2. The molecule has 0 radical (unpaired) electrons. The van der Waals surface area contributed by atoms with Crippen molar-refractivity contribution in [3.63, 3.8) is 0 Å². The van der Waals surface area contributed by atoms with Gasteiger partial charge in [-0.05, 0) is 37.8 Å². The van der Waals surface area contributed by atoms with Crippen molar-refractivity contribution < 1.29 is 14.0 Å². The molecule has 5 nitrogen and oxygen atoms in total. The van der Waals surface area contributed by atoms with Gasteiger partial charge in [0, 0.05) is 25.0 Å². The van der Waals surface area contributed by atoms with E-state index in [0.717, 1.165) is 25.7 Å². The number of hydrogen-bond donors (Lipinski definition) is 1. The molecule has 2 heterocycles. The zero-order valence-corrected chi connectivity index (χ0v) is 12.2. The smallest absolute Gasteiger partial charge is 0.289 e. The Kier molecular flexibility index (Phi) is 4.27. The fourth-order valence-electron chi connectivity index (χ4n) is 3.29. The van der Waals surface area contributed by atoms with Crippen LogP contribution in [0.4, 0.5) is 0 Å². The van der Waals surface area contributed by atoms with Gasteiger partial charge < -0.3 is 14.6 Å². The van der Waals surface area contributed by atoms with E-state index in [9.17, 15) is 9.59 Å². The molecule has 1 aliphatic heterocycles. The Hall–Kier alpha value is -1.78. The molecule has 1 aliphatic carbocycles. The normalized spacial score (nSPS) is 20.7. The molecule has 1 N–H and O–H groups in total. The van der Waals surface area contributed by atoms with Crippen LogP contribution in [0.25, 0.3) is 0 Å². The third-order valence-electron chi connectivity index (χ3n) is 4.59. The maximum atomic E-state index is 12.1. The van der Waals surface area contributed by atoms with E-state index in [0.29, 0.717) is 18.8 Å². The molecule has 1 saturated carbocycles. The van der Waals surface area contributed by atoms with E-state index in [2.05, 4.69) is 5.32 Å². The third kappa shape index (κ3) is 3.28. The number of nitrogens with zero attached hydrogens (tertiary/aromatic N) is 1. The van der Waals surface area contributed by atoms with Crippen LogP contribution in [-0.2, 0) is 4.79 Å². The molecule has 0 atom stereocenters. The van der Waals surface area contributed by atoms with Crippen LogP contribution in [0.3, 0.4) is 0 Å². The van der Waals surface area contributed by atoms with Gasteiger partial charge in [0.25, 0.3) is 5.91 Å². The Bertz CT molecular complexity index is 484. The molecule has 114 valence electrons. The molecule has 3 rings (SSSR count). The number of amides is 2. The summed E-state index contributed by atoms with van der Waals surface area (Å²) in [4.78, 5) is 26.1. The number of likely N-dealkylation sites (tertiary alicyclic amines) is 1. The van der Waals surface area contributed by atoms with Crippen LogP contribution in [0, 0.1) is 5.92 Å². The zero-order chi connectivity index (χ0) is 14.7. The minimum Gasteiger partial charge on any atom is -0.459 e. The maximum Gasteiger partial charge on any atom is 0.289 e. The highest BCUT2D eigenvalue weighted by Gasteiger charge is 2.28. The Morgan fingerprint density at radius 2 is 1.86 bits per heavy atom. The molecule has 0 spiro atoms. The van der Waals surface area contributed by atoms with Crippen molar-refractivity contribution in [1.82, 2.24) is 10.2 Å². The molecule has 0 unspecified atom stereocenters. The first kappa shape index (κ1) is 14.2. The van der Waals surface area contributed by atoms with Crippen molar-refractivity contribution in [3.05, 3.63) is 24.2 Å². The van der Waals surface area contributed by atoms with Gasteiger partial charge in [-0.1, -0.05) is 12.8 Å². The van der Waals surface area contributed by atoms with E-state index in [4.69, 9.17) is 4.42 Å².